The molecule has 2 aliphatic rings. The number of fused-ring (bicyclic) bond motifs is 1. The number of thiocarbonyl (C=S) groups is 1. The van der Waals surface area contributed by atoms with E-state index >= 15 is 0 Å². The highest BCUT2D eigenvalue weighted by Gasteiger charge is 2.43. The van der Waals surface area contributed by atoms with Crippen molar-refractivity contribution in [3.05, 3.63) is 35.9 Å². The second-order valence-electron chi connectivity index (χ2n) is 15.6. The molecule has 3 N–H and O–H groups in total. The van der Waals surface area contributed by atoms with Crippen molar-refractivity contribution in [3.63, 3.8) is 0 Å². The molecule has 3 rings (SSSR count). The first-order chi connectivity index (χ1) is 23.8. The summed E-state index contributed by atoms with van der Waals surface area (Å²) in [5, 5.41) is 8.39. The van der Waals surface area contributed by atoms with Gasteiger partial charge in [0.15, 0.2) is 14.1 Å². The molecule has 2 aliphatic heterocycles. The standard InChI is InChI=1S/C37H58N4O7S2Si/c1-10-47-35(49)50-26(19-21-30(42)24(2)48-51(8,9)36(3,4)5)18-20-27-31(43)40-37(6,7)34(46)39-28(23-25-15-12-11-13-16-25)33(45)41-22-14-17-29(41)32(44)38-27/h11-13,15-16,24,26-29H,10,14,17-23H2,1-9H3,(H,38,44)(H,39,46)(H,40,43)/t24?,26-,27-,28-,29+/m0/s1. The minimum absolute atomic E-state index is 0.00544. The van der Waals surface area contributed by atoms with E-state index in [4.69, 9.17) is 21.4 Å². The van der Waals surface area contributed by atoms with Crippen LogP contribution in [0.3, 0.4) is 0 Å². The fourth-order valence-corrected chi connectivity index (χ4v) is 8.82. The van der Waals surface area contributed by atoms with Crippen molar-refractivity contribution in [1.82, 2.24) is 20.9 Å². The molecule has 5 atom stereocenters. The number of hydrogen-bond donors (Lipinski definition) is 3. The summed E-state index contributed by atoms with van der Waals surface area (Å²) in [5.74, 6) is -1.77. The highest BCUT2D eigenvalue weighted by molar-refractivity contribution is 8.23. The molecule has 0 aliphatic carbocycles. The summed E-state index contributed by atoms with van der Waals surface area (Å²) < 4.78 is 12.2. The van der Waals surface area contributed by atoms with E-state index in [-0.39, 0.29) is 41.2 Å². The van der Waals surface area contributed by atoms with E-state index in [1.54, 1.807) is 20.8 Å². The number of nitrogens with zero attached hydrogens (tertiary/aromatic N) is 1. The number of thioether (sulfide) groups is 1. The van der Waals surface area contributed by atoms with Gasteiger partial charge in [0.25, 0.3) is 0 Å². The molecule has 0 bridgehead atoms. The van der Waals surface area contributed by atoms with Gasteiger partial charge in [-0.3, -0.25) is 24.0 Å². The lowest BCUT2D eigenvalue weighted by molar-refractivity contribution is -0.144. The van der Waals surface area contributed by atoms with Crippen molar-refractivity contribution in [2.24, 2.45) is 0 Å². The van der Waals surface area contributed by atoms with Crippen molar-refractivity contribution in [2.45, 2.75) is 147 Å². The molecule has 2 heterocycles. The molecule has 2 fully saturated rings. The van der Waals surface area contributed by atoms with E-state index in [9.17, 15) is 24.0 Å². The molecule has 1 aromatic rings. The number of ketones is 1. The fourth-order valence-electron chi connectivity index (χ4n) is 5.97. The Labute approximate surface area is 314 Å². The van der Waals surface area contributed by atoms with Gasteiger partial charge < -0.3 is 30.0 Å². The molecule has 0 saturated carbocycles. The highest BCUT2D eigenvalue weighted by atomic mass is 32.2. The predicted octanol–water partition coefficient (Wildman–Crippen LogP) is 5.06. The summed E-state index contributed by atoms with van der Waals surface area (Å²) >= 11 is 6.78. The molecule has 0 radical (unpaired) electrons. The number of hydrogen-bond acceptors (Lipinski definition) is 9. The maximum Gasteiger partial charge on any atom is 0.246 e. The second-order valence-corrected chi connectivity index (χ2v) is 22.3. The Hall–Kier alpha value is -2.81. The van der Waals surface area contributed by atoms with Crippen LogP contribution >= 0.6 is 24.0 Å². The molecule has 284 valence electrons. The van der Waals surface area contributed by atoms with Crippen LogP contribution in [0.4, 0.5) is 0 Å². The van der Waals surface area contributed by atoms with Gasteiger partial charge in [-0.15, -0.1) is 0 Å². The van der Waals surface area contributed by atoms with Gasteiger partial charge in [-0.1, -0.05) is 62.9 Å². The summed E-state index contributed by atoms with van der Waals surface area (Å²) in [5.41, 5.74) is -0.531. The van der Waals surface area contributed by atoms with E-state index in [2.05, 4.69) is 49.8 Å². The van der Waals surface area contributed by atoms with Gasteiger partial charge in [0.2, 0.25) is 28.0 Å². The van der Waals surface area contributed by atoms with Crippen LogP contribution in [-0.2, 0) is 39.6 Å². The normalized spacial score (nSPS) is 22.8. The van der Waals surface area contributed by atoms with Crippen LogP contribution in [0.15, 0.2) is 30.3 Å². The zero-order valence-electron chi connectivity index (χ0n) is 31.8. The summed E-state index contributed by atoms with van der Waals surface area (Å²) in [6.45, 7) is 18.2. The van der Waals surface area contributed by atoms with E-state index < -0.39 is 55.8 Å². The Morgan fingerprint density at radius 2 is 1.73 bits per heavy atom. The maximum atomic E-state index is 13.9. The van der Waals surface area contributed by atoms with Crippen LogP contribution in [0.5, 0.6) is 0 Å². The lowest BCUT2D eigenvalue weighted by Crippen LogP contribution is -2.64. The fraction of sp³-hybridized carbons (Fsp3) is 0.676. The molecular formula is C37H58N4O7S2Si. The highest BCUT2D eigenvalue weighted by Crippen LogP contribution is 2.37. The van der Waals surface area contributed by atoms with Crippen molar-refractivity contribution in [3.8, 4) is 0 Å². The lowest BCUT2D eigenvalue weighted by Gasteiger charge is -2.38. The third-order valence-corrected chi connectivity index (χ3v) is 16.2. The quantitative estimate of drug-likeness (QED) is 0.186. The number of nitrogens with one attached hydrogen (secondary N) is 3. The van der Waals surface area contributed by atoms with Crippen molar-refractivity contribution in [1.29, 1.82) is 0 Å². The Kier molecular flexibility index (Phi) is 15.3. The zero-order chi connectivity index (χ0) is 38.1. The van der Waals surface area contributed by atoms with Gasteiger partial charge in [0.05, 0.1) is 6.61 Å². The largest absolute Gasteiger partial charge is 0.479 e. The number of carbonyl (C=O) groups excluding carboxylic acids is 5. The number of amides is 4. The van der Waals surface area contributed by atoms with Gasteiger partial charge in [-0.25, -0.2) is 0 Å². The van der Waals surface area contributed by atoms with E-state index in [0.717, 1.165) is 5.56 Å². The number of rotatable bonds is 13. The van der Waals surface area contributed by atoms with Crippen LogP contribution in [0.1, 0.15) is 92.6 Å². The Bertz CT molecular complexity index is 1420. The molecule has 1 unspecified atom stereocenters. The number of benzene rings is 1. The molecule has 51 heavy (non-hydrogen) atoms. The van der Waals surface area contributed by atoms with E-state index in [1.807, 2.05) is 37.3 Å². The smallest absolute Gasteiger partial charge is 0.246 e. The number of ether oxygens (including phenoxy) is 1. The Morgan fingerprint density at radius 3 is 2.35 bits per heavy atom. The van der Waals surface area contributed by atoms with Gasteiger partial charge in [-0.05, 0) is 95.7 Å². The topological polar surface area (TPSA) is 143 Å². The van der Waals surface area contributed by atoms with Crippen molar-refractivity contribution < 1.29 is 33.1 Å². The molecule has 1 aromatic carbocycles. The zero-order valence-corrected chi connectivity index (χ0v) is 34.4. The molecular weight excluding hydrogens is 705 g/mol. The average molecular weight is 763 g/mol. The number of carbonyl (C=O) groups is 5. The van der Waals surface area contributed by atoms with Gasteiger partial charge in [0.1, 0.15) is 29.8 Å². The van der Waals surface area contributed by atoms with E-state index in [0.29, 0.717) is 43.2 Å². The van der Waals surface area contributed by atoms with Crippen LogP contribution in [0.25, 0.3) is 0 Å². The summed E-state index contributed by atoms with van der Waals surface area (Å²) in [4.78, 5) is 70.1. The van der Waals surface area contributed by atoms with Crippen LogP contribution in [0, 0.1) is 0 Å². The van der Waals surface area contributed by atoms with Crippen LogP contribution in [-0.4, -0.2) is 95.2 Å². The molecule has 11 nitrogen and oxygen atoms in total. The molecule has 0 aromatic heterocycles. The van der Waals surface area contributed by atoms with Gasteiger partial charge in [0, 0.05) is 24.6 Å². The first-order valence-corrected chi connectivity index (χ1v) is 22.3. The van der Waals surface area contributed by atoms with Crippen molar-refractivity contribution >= 4 is 66.1 Å². The third-order valence-electron chi connectivity index (χ3n) is 10.1. The lowest BCUT2D eigenvalue weighted by atomic mass is 9.98. The molecule has 4 amide bonds. The average Bonchev–Trinajstić information content (AvgIpc) is 3.54. The van der Waals surface area contributed by atoms with Crippen LogP contribution in [0.2, 0.25) is 18.1 Å². The van der Waals surface area contributed by atoms with Gasteiger partial charge in [-0.2, -0.15) is 0 Å². The first kappa shape index (κ1) is 42.6. The molecule has 0 spiro atoms. The van der Waals surface area contributed by atoms with E-state index in [1.165, 1.54) is 16.7 Å². The maximum absolute atomic E-state index is 13.9. The molecule has 14 heteroatoms. The summed E-state index contributed by atoms with van der Waals surface area (Å²) in [7, 11) is -2.16. The minimum atomic E-state index is -2.16. The Morgan fingerprint density at radius 1 is 1.06 bits per heavy atom. The predicted molar refractivity (Wildman–Crippen MR) is 208 cm³/mol. The Balaban J connectivity index is 1.81. The van der Waals surface area contributed by atoms with Crippen LogP contribution < -0.4 is 16.0 Å². The third kappa shape index (κ3) is 12.1. The van der Waals surface area contributed by atoms with Gasteiger partial charge >= 0.3 is 0 Å². The second kappa shape index (κ2) is 18.3. The summed E-state index contributed by atoms with van der Waals surface area (Å²) in [6.07, 6.45) is 2.11. The minimum Gasteiger partial charge on any atom is -0.479 e. The summed E-state index contributed by atoms with van der Waals surface area (Å²) in [6, 6.07) is 6.69. The monoisotopic (exact) mass is 762 g/mol. The number of Topliss-reactive ketones (excluding diaryl/α,β-unsaturated/α-hetero) is 1. The molecule has 2 saturated heterocycles. The SMILES string of the molecule is CCOC(=S)S[C@H](CCC(=O)C(C)O[Si](C)(C)C(C)(C)C)CC[C@@H]1NC(=O)[C@H]2CCCN2C(=O)[C@H](Cc2ccccc2)NC(=O)C(C)(C)NC1=O. The first-order valence-electron chi connectivity index (χ1n) is 18.1. The van der Waals surface area contributed by atoms with Crippen molar-refractivity contribution in [2.75, 3.05) is 13.2 Å².